The highest BCUT2D eigenvalue weighted by Gasteiger charge is 2.17. The first-order valence-electron chi connectivity index (χ1n) is 7.91. The molecule has 0 aliphatic carbocycles. The number of nitrogens with zero attached hydrogens (tertiary/aromatic N) is 3. The summed E-state index contributed by atoms with van der Waals surface area (Å²) < 4.78 is 5.37. The zero-order valence-corrected chi connectivity index (χ0v) is 14.6. The Morgan fingerprint density at radius 3 is 2.92 bits per heavy atom. The molecule has 0 spiro atoms. The minimum Gasteiger partial charge on any atom is -0.378 e. The average Bonchev–Trinajstić information content (AvgIpc) is 3.08. The second kappa shape index (κ2) is 8.04. The maximum atomic E-state index is 12.3. The molecular weight excluding hydrogens is 342 g/mol. The Morgan fingerprint density at radius 1 is 1.36 bits per heavy atom. The second-order valence-corrected chi connectivity index (χ2v) is 6.35. The van der Waals surface area contributed by atoms with Gasteiger partial charge in [-0.3, -0.25) is 9.59 Å². The Balaban J connectivity index is 1.64. The van der Waals surface area contributed by atoms with Gasteiger partial charge in [0.25, 0.3) is 5.91 Å². The van der Waals surface area contributed by atoms with Gasteiger partial charge >= 0.3 is 0 Å². The van der Waals surface area contributed by atoms with E-state index in [4.69, 9.17) is 4.74 Å². The van der Waals surface area contributed by atoms with E-state index in [0.717, 1.165) is 24.5 Å². The molecule has 2 amide bonds. The van der Waals surface area contributed by atoms with Crippen molar-refractivity contribution in [2.75, 3.05) is 36.5 Å². The first-order valence-corrected chi connectivity index (χ1v) is 8.79. The molecule has 2 aromatic heterocycles. The number of carbonyl (C=O) groups is 2. The fraction of sp³-hybridized carbons (Fsp3) is 0.375. The van der Waals surface area contributed by atoms with Crippen molar-refractivity contribution in [3.8, 4) is 0 Å². The quantitative estimate of drug-likeness (QED) is 0.832. The number of aromatic nitrogens is 2. The Hall–Kier alpha value is -2.52. The largest absolute Gasteiger partial charge is 0.378 e. The minimum atomic E-state index is -0.287. The number of thiazole rings is 1. The molecule has 0 aromatic carbocycles. The lowest BCUT2D eigenvalue weighted by molar-refractivity contribution is -0.114. The van der Waals surface area contributed by atoms with Gasteiger partial charge in [-0.1, -0.05) is 6.07 Å². The molecule has 1 aliphatic heterocycles. The number of carbonyl (C=O) groups excluding carboxylic acids is 2. The lowest BCUT2D eigenvalue weighted by Crippen LogP contribution is -2.37. The Labute approximate surface area is 149 Å². The lowest BCUT2D eigenvalue weighted by atomic mass is 10.2. The molecular formula is C16H19N5O3S. The molecule has 8 nitrogen and oxygen atoms in total. The normalized spacial score (nSPS) is 14.2. The molecule has 0 radical (unpaired) electrons. The summed E-state index contributed by atoms with van der Waals surface area (Å²) in [4.78, 5) is 34.0. The smallest absolute Gasteiger partial charge is 0.271 e. The lowest BCUT2D eigenvalue weighted by Gasteiger charge is -2.29. The molecule has 3 heterocycles. The highest BCUT2D eigenvalue weighted by atomic mass is 32.1. The van der Waals surface area contributed by atoms with Gasteiger partial charge in [0, 0.05) is 43.7 Å². The molecule has 1 aliphatic rings. The van der Waals surface area contributed by atoms with Crippen LogP contribution in [0.1, 0.15) is 23.0 Å². The van der Waals surface area contributed by atoms with Crippen LogP contribution in [-0.2, 0) is 16.1 Å². The van der Waals surface area contributed by atoms with Crippen LogP contribution in [0.2, 0.25) is 0 Å². The molecule has 25 heavy (non-hydrogen) atoms. The average molecular weight is 361 g/mol. The van der Waals surface area contributed by atoms with Gasteiger partial charge in [-0.25, -0.2) is 9.97 Å². The molecule has 0 saturated carbocycles. The molecule has 2 N–H and O–H groups in total. The van der Waals surface area contributed by atoms with E-state index >= 15 is 0 Å². The van der Waals surface area contributed by atoms with E-state index in [1.54, 1.807) is 11.6 Å². The summed E-state index contributed by atoms with van der Waals surface area (Å²) in [6.07, 6.45) is 1.75. The topological polar surface area (TPSA) is 96.5 Å². The minimum absolute atomic E-state index is 0.216. The van der Waals surface area contributed by atoms with Crippen molar-refractivity contribution >= 4 is 34.1 Å². The van der Waals surface area contributed by atoms with E-state index in [-0.39, 0.29) is 17.5 Å². The van der Waals surface area contributed by atoms with E-state index in [1.165, 1.54) is 18.3 Å². The summed E-state index contributed by atoms with van der Waals surface area (Å²) in [5.41, 5.74) is 1.22. The number of rotatable bonds is 5. The standard InChI is InChI=1S/C16H19N5O3S/c1-11(22)19-16-20-13(10-25-16)15(23)18-9-12-3-2-4-17-14(12)21-5-7-24-8-6-21/h2-4,10H,5-9H2,1H3,(H,18,23)(H,19,20,22). The summed E-state index contributed by atoms with van der Waals surface area (Å²) >= 11 is 1.22. The van der Waals surface area contributed by atoms with E-state index in [2.05, 4.69) is 25.5 Å². The van der Waals surface area contributed by atoms with Crippen molar-refractivity contribution in [1.29, 1.82) is 0 Å². The van der Waals surface area contributed by atoms with Gasteiger partial charge in [0.05, 0.1) is 13.2 Å². The molecule has 0 unspecified atom stereocenters. The third-order valence-electron chi connectivity index (χ3n) is 3.64. The van der Waals surface area contributed by atoms with Crippen LogP contribution in [0.5, 0.6) is 0 Å². The Kier molecular flexibility index (Phi) is 5.56. The number of pyridine rings is 1. The number of morpholine rings is 1. The number of amides is 2. The maximum Gasteiger partial charge on any atom is 0.271 e. The van der Waals surface area contributed by atoms with Crippen LogP contribution in [-0.4, -0.2) is 48.1 Å². The molecule has 0 bridgehead atoms. The fourth-order valence-electron chi connectivity index (χ4n) is 2.48. The van der Waals surface area contributed by atoms with Crippen LogP contribution >= 0.6 is 11.3 Å². The first kappa shape index (κ1) is 17.3. The van der Waals surface area contributed by atoms with Crippen LogP contribution in [0.15, 0.2) is 23.7 Å². The number of hydrogen-bond acceptors (Lipinski definition) is 7. The summed E-state index contributed by atoms with van der Waals surface area (Å²) in [7, 11) is 0. The maximum absolute atomic E-state index is 12.3. The van der Waals surface area contributed by atoms with Crippen molar-refractivity contribution in [3.63, 3.8) is 0 Å². The predicted molar refractivity (Wildman–Crippen MR) is 94.9 cm³/mol. The monoisotopic (exact) mass is 361 g/mol. The second-order valence-electron chi connectivity index (χ2n) is 5.49. The Morgan fingerprint density at radius 2 is 2.16 bits per heavy atom. The van der Waals surface area contributed by atoms with Gasteiger partial charge in [0.15, 0.2) is 5.13 Å². The molecule has 0 atom stereocenters. The van der Waals surface area contributed by atoms with Crippen molar-refractivity contribution < 1.29 is 14.3 Å². The summed E-state index contributed by atoms with van der Waals surface area (Å²) in [5, 5.41) is 7.45. The fourth-order valence-corrected chi connectivity index (χ4v) is 3.22. The third kappa shape index (κ3) is 4.52. The van der Waals surface area contributed by atoms with Crippen LogP contribution in [0, 0.1) is 0 Å². The SMILES string of the molecule is CC(=O)Nc1nc(C(=O)NCc2cccnc2N2CCOCC2)cs1. The van der Waals surface area contributed by atoms with E-state index < -0.39 is 0 Å². The van der Waals surface area contributed by atoms with Crippen LogP contribution in [0.25, 0.3) is 0 Å². The van der Waals surface area contributed by atoms with Crippen molar-refractivity contribution in [2.45, 2.75) is 13.5 Å². The van der Waals surface area contributed by atoms with Crippen molar-refractivity contribution in [1.82, 2.24) is 15.3 Å². The molecule has 9 heteroatoms. The summed E-state index contributed by atoms with van der Waals surface area (Å²) in [5.74, 6) is 0.361. The molecule has 3 rings (SSSR count). The zero-order valence-electron chi connectivity index (χ0n) is 13.8. The van der Waals surface area contributed by atoms with Crippen molar-refractivity contribution in [2.24, 2.45) is 0 Å². The van der Waals surface area contributed by atoms with Crippen LogP contribution in [0.4, 0.5) is 10.9 Å². The summed E-state index contributed by atoms with van der Waals surface area (Å²) in [6.45, 7) is 4.66. The number of nitrogens with one attached hydrogen (secondary N) is 2. The van der Waals surface area contributed by atoms with Gasteiger partial charge in [0.2, 0.25) is 5.91 Å². The highest BCUT2D eigenvalue weighted by Crippen LogP contribution is 2.19. The Bertz CT molecular complexity index is 758. The van der Waals surface area contributed by atoms with Crippen LogP contribution in [0.3, 0.4) is 0 Å². The molecule has 1 fully saturated rings. The van der Waals surface area contributed by atoms with Gasteiger partial charge in [-0.05, 0) is 6.07 Å². The highest BCUT2D eigenvalue weighted by molar-refractivity contribution is 7.14. The van der Waals surface area contributed by atoms with Crippen LogP contribution < -0.4 is 15.5 Å². The van der Waals surface area contributed by atoms with E-state index in [9.17, 15) is 9.59 Å². The number of ether oxygens (including phenoxy) is 1. The van der Waals surface area contributed by atoms with E-state index in [1.807, 2.05) is 12.1 Å². The van der Waals surface area contributed by atoms with E-state index in [0.29, 0.717) is 24.9 Å². The number of anilines is 2. The van der Waals surface area contributed by atoms with Gasteiger partial charge in [-0.2, -0.15) is 0 Å². The summed E-state index contributed by atoms with van der Waals surface area (Å²) in [6, 6.07) is 3.80. The van der Waals surface area contributed by atoms with Crippen molar-refractivity contribution in [3.05, 3.63) is 35.0 Å². The first-order chi connectivity index (χ1) is 12.1. The molecule has 132 valence electrons. The third-order valence-corrected chi connectivity index (χ3v) is 4.40. The number of hydrogen-bond donors (Lipinski definition) is 2. The van der Waals surface area contributed by atoms with Gasteiger partial charge < -0.3 is 20.3 Å². The van der Waals surface area contributed by atoms with Gasteiger partial charge in [0.1, 0.15) is 11.5 Å². The zero-order chi connectivity index (χ0) is 17.6. The molecule has 1 saturated heterocycles. The molecule has 2 aromatic rings. The predicted octanol–water partition coefficient (Wildman–Crippen LogP) is 1.26. The van der Waals surface area contributed by atoms with Gasteiger partial charge in [-0.15, -0.1) is 11.3 Å².